The minimum absolute atomic E-state index is 0.0260. The summed E-state index contributed by atoms with van der Waals surface area (Å²) in [6.45, 7) is 7.67. The van der Waals surface area contributed by atoms with Crippen LogP contribution >= 0.6 is 11.6 Å². The van der Waals surface area contributed by atoms with Crippen LogP contribution in [0.5, 0.6) is 0 Å². The lowest BCUT2D eigenvalue weighted by Crippen LogP contribution is -2.70. The van der Waals surface area contributed by atoms with Gasteiger partial charge in [0, 0.05) is 77.0 Å². The second-order valence-electron chi connectivity index (χ2n) is 13.8. The highest BCUT2D eigenvalue weighted by atomic mass is 35.5. The summed E-state index contributed by atoms with van der Waals surface area (Å²) in [4.78, 5) is 21.6. The van der Waals surface area contributed by atoms with Crippen molar-refractivity contribution in [1.29, 1.82) is 0 Å². The molecule has 0 spiro atoms. The Morgan fingerprint density at radius 1 is 1.12 bits per heavy atom. The second kappa shape index (κ2) is 11.7. The molecule has 3 saturated heterocycles. The molecular formula is C29H50ClFN8O. The Balaban J connectivity index is 1.18. The molecular weight excluding hydrogens is 531 g/mol. The normalized spacial score (nSPS) is 43.6. The van der Waals surface area contributed by atoms with Crippen LogP contribution in [0.3, 0.4) is 0 Å². The van der Waals surface area contributed by atoms with Gasteiger partial charge >= 0.3 is 0 Å². The number of likely N-dealkylation sites (N-methyl/N-ethyl adjacent to an activating group) is 1. The van der Waals surface area contributed by atoms with Gasteiger partial charge in [0.2, 0.25) is 5.91 Å². The molecule has 0 bridgehead atoms. The lowest BCUT2D eigenvalue weighted by molar-refractivity contribution is -0.128. The Morgan fingerprint density at radius 2 is 1.90 bits per heavy atom. The van der Waals surface area contributed by atoms with Gasteiger partial charge < -0.3 is 32.3 Å². The Kier molecular flexibility index (Phi) is 8.53. The quantitative estimate of drug-likeness (QED) is 0.235. The van der Waals surface area contributed by atoms with E-state index in [1.807, 2.05) is 6.08 Å². The molecule has 1 amide bonds. The first-order valence-electron chi connectivity index (χ1n) is 15.6. The summed E-state index contributed by atoms with van der Waals surface area (Å²) in [7, 11) is 2.19. The van der Waals surface area contributed by atoms with Crippen LogP contribution in [-0.2, 0) is 4.79 Å². The van der Waals surface area contributed by atoms with Crippen LogP contribution in [-0.4, -0.2) is 122 Å². The molecule has 226 valence electrons. The van der Waals surface area contributed by atoms with Crippen molar-refractivity contribution in [2.75, 3.05) is 66.0 Å². The first-order valence-corrected chi connectivity index (χ1v) is 16.1. The van der Waals surface area contributed by atoms with Gasteiger partial charge in [0.15, 0.2) is 0 Å². The molecule has 0 aromatic rings. The smallest absolute Gasteiger partial charge is 0.227 e. The minimum atomic E-state index is -0.845. The maximum Gasteiger partial charge on any atom is 0.227 e. The Labute approximate surface area is 243 Å². The molecule has 8 atom stereocenters. The van der Waals surface area contributed by atoms with Gasteiger partial charge in [-0.3, -0.25) is 14.6 Å². The summed E-state index contributed by atoms with van der Waals surface area (Å²) in [6, 6.07) is 0.0762. The van der Waals surface area contributed by atoms with Gasteiger partial charge in [-0.05, 0) is 49.6 Å². The first-order chi connectivity index (χ1) is 19.2. The lowest BCUT2D eigenvalue weighted by atomic mass is 9.78. The van der Waals surface area contributed by atoms with Crippen LogP contribution in [0.15, 0.2) is 11.9 Å². The van der Waals surface area contributed by atoms with Crippen LogP contribution in [0.25, 0.3) is 0 Å². The van der Waals surface area contributed by atoms with Gasteiger partial charge in [0.25, 0.3) is 0 Å². The predicted molar refractivity (Wildman–Crippen MR) is 156 cm³/mol. The highest BCUT2D eigenvalue weighted by Crippen LogP contribution is 2.74. The SMILES string of the molecule is CN1CCN2CCN(C3C(Cl)CNCC3NC(=O)C(C(N)N)C3CC45CCCCCC4(/C=C(/F)CN3)C5)CC2C1. The Bertz CT molecular complexity index is 970. The van der Waals surface area contributed by atoms with Crippen molar-refractivity contribution in [3.05, 3.63) is 11.9 Å². The monoisotopic (exact) mass is 580 g/mol. The number of allylic oxidation sites excluding steroid dienone is 1. The summed E-state index contributed by atoms with van der Waals surface area (Å²) < 4.78 is 15.1. The van der Waals surface area contributed by atoms with Crippen molar-refractivity contribution < 1.29 is 9.18 Å². The molecule has 7 N–H and O–H groups in total. The van der Waals surface area contributed by atoms with Gasteiger partial charge in [-0.25, -0.2) is 4.39 Å². The van der Waals surface area contributed by atoms with Crippen molar-refractivity contribution >= 4 is 17.5 Å². The summed E-state index contributed by atoms with van der Waals surface area (Å²) in [5.41, 5.74) is 12.7. The Morgan fingerprint density at radius 3 is 2.73 bits per heavy atom. The number of alkyl halides is 1. The van der Waals surface area contributed by atoms with Crippen molar-refractivity contribution in [3.8, 4) is 0 Å². The zero-order valence-corrected chi connectivity index (χ0v) is 24.8. The lowest BCUT2D eigenvalue weighted by Gasteiger charge is -2.51. The molecule has 4 heterocycles. The number of halogens is 2. The van der Waals surface area contributed by atoms with Crippen molar-refractivity contribution in [1.82, 2.24) is 30.7 Å². The van der Waals surface area contributed by atoms with E-state index in [-0.39, 0.29) is 52.6 Å². The maximum atomic E-state index is 15.1. The summed E-state index contributed by atoms with van der Waals surface area (Å²) in [5.74, 6) is -0.915. The van der Waals surface area contributed by atoms with Gasteiger partial charge in [0.05, 0.1) is 23.5 Å². The predicted octanol–water partition coefficient (Wildman–Crippen LogP) is 0.398. The number of piperidine rings is 1. The highest BCUT2D eigenvalue weighted by molar-refractivity contribution is 6.21. The van der Waals surface area contributed by atoms with Crippen LogP contribution < -0.4 is 27.4 Å². The van der Waals surface area contributed by atoms with Gasteiger partial charge in [-0.2, -0.15) is 0 Å². The van der Waals surface area contributed by atoms with E-state index < -0.39 is 12.1 Å². The molecule has 6 aliphatic rings. The number of nitrogens with one attached hydrogen (secondary N) is 3. The van der Waals surface area contributed by atoms with E-state index in [1.54, 1.807) is 0 Å². The number of amides is 1. The van der Waals surface area contributed by atoms with E-state index >= 15 is 4.39 Å². The van der Waals surface area contributed by atoms with E-state index in [4.69, 9.17) is 23.1 Å². The van der Waals surface area contributed by atoms with Crippen LogP contribution in [0.4, 0.5) is 4.39 Å². The highest BCUT2D eigenvalue weighted by Gasteiger charge is 2.66. The zero-order valence-electron chi connectivity index (χ0n) is 24.1. The van der Waals surface area contributed by atoms with Crippen molar-refractivity contribution in [3.63, 3.8) is 0 Å². The summed E-state index contributed by atoms with van der Waals surface area (Å²) >= 11 is 6.97. The number of piperazine rings is 2. The molecule has 5 fully saturated rings. The Hall–Kier alpha value is -0.850. The topological polar surface area (TPSA) is 115 Å². The third-order valence-electron chi connectivity index (χ3n) is 11.3. The molecule has 8 unspecified atom stereocenters. The first kappa shape index (κ1) is 29.2. The summed E-state index contributed by atoms with van der Waals surface area (Å²) in [6.07, 6.45) is 8.48. The molecule has 2 aliphatic carbocycles. The van der Waals surface area contributed by atoms with E-state index in [0.29, 0.717) is 19.1 Å². The van der Waals surface area contributed by atoms with Gasteiger partial charge in [0.1, 0.15) is 5.83 Å². The number of fused-ring (bicyclic) bond motifs is 1. The molecule has 4 aliphatic heterocycles. The van der Waals surface area contributed by atoms with E-state index in [1.165, 1.54) is 6.42 Å². The molecule has 2 saturated carbocycles. The van der Waals surface area contributed by atoms with Crippen LogP contribution in [0, 0.1) is 16.7 Å². The molecule has 6 rings (SSSR count). The standard InChI is InChI=1S/C29H50ClFN8O/c1-37-7-8-38-9-10-39(17-20(38)16-37)25-21(30)14-34-15-23(25)36-27(40)24(26(32)33)22-12-29-6-4-2-3-5-28(29,18-29)11-19(31)13-35-22/h11,20-26,34-35H,2-10,12-18,32-33H2,1H3,(H,36,40)/b19-11+. The number of hydrogen-bond acceptors (Lipinski definition) is 8. The van der Waals surface area contributed by atoms with E-state index in [2.05, 4.69) is 37.7 Å². The van der Waals surface area contributed by atoms with E-state index in [9.17, 15) is 4.79 Å². The maximum absolute atomic E-state index is 15.1. The third-order valence-corrected chi connectivity index (χ3v) is 11.7. The third kappa shape index (κ3) is 5.60. The van der Waals surface area contributed by atoms with Gasteiger partial charge in [-0.1, -0.05) is 19.3 Å². The van der Waals surface area contributed by atoms with E-state index in [0.717, 1.165) is 77.8 Å². The fourth-order valence-electron chi connectivity index (χ4n) is 9.11. The molecule has 9 nitrogen and oxygen atoms in total. The van der Waals surface area contributed by atoms with Crippen molar-refractivity contribution in [2.45, 2.75) is 80.7 Å². The second-order valence-corrected chi connectivity index (χ2v) is 14.3. The molecule has 0 radical (unpaired) electrons. The van der Waals surface area contributed by atoms with Gasteiger partial charge in [-0.15, -0.1) is 11.6 Å². The number of nitrogens with zero attached hydrogens (tertiary/aromatic N) is 3. The minimum Gasteiger partial charge on any atom is -0.350 e. The number of hydrogen-bond donors (Lipinski definition) is 5. The molecule has 40 heavy (non-hydrogen) atoms. The fraction of sp³-hybridized carbons (Fsp3) is 0.897. The largest absolute Gasteiger partial charge is 0.350 e. The van der Waals surface area contributed by atoms with Crippen molar-refractivity contribution in [2.24, 2.45) is 28.2 Å². The van der Waals surface area contributed by atoms with Crippen LogP contribution in [0.2, 0.25) is 0 Å². The number of nitrogens with two attached hydrogens (primary N) is 2. The molecule has 0 aromatic carbocycles. The average Bonchev–Trinajstić information content (AvgIpc) is 3.52. The zero-order chi connectivity index (χ0) is 28.1. The average molecular weight is 581 g/mol. The summed E-state index contributed by atoms with van der Waals surface area (Å²) in [5, 5.41) is 10.0. The molecule has 11 heteroatoms. The number of carbonyl (C=O) groups excluding carboxylic acids is 1. The number of carbonyl (C=O) groups is 1. The fourth-order valence-corrected chi connectivity index (χ4v) is 9.56. The van der Waals surface area contributed by atoms with Crippen LogP contribution in [0.1, 0.15) is 44.9 Å². The number of rotatable bonds is 5. The molecule has 0 aromatic heterocycles.